The second-order valence-corrected chi connectivity index (χ2v) is 9.70. The van der Waals surface area contributed by atoms with Gasteiger partial charge in [-0.05, 0) is 42.8 Å². The number of aryl methyl sites for hydroxylation is 1. The van der Waals surface area contributed by atoms with E-state index in [9.17, 15) is 19.2 Å². The third kappa shape index (κ3) is 6.62. The van der Waals surface area contributed by atoms with Crippen molar-refractivity contribution in [3.63, 3.8) is 0 Å². The Morgan fingerprint density at radius 3 is 1.79 bits per heavy atom. The highest BCUT2D eigenvalue weighted by Gasteiger charge is 2.51. The van der Waals surface area contributed by atoms with Gasteiger partial charge >= 0.3 is 23.6 Å². The molecule has 0 spiro atoms. The molecule has 1 fully saturated rings. The fourth-order valence-electron chi connectivity index (χ4n) is 4.66. The number of anilines is 1. The molecule has 1 saturated heterocycles. The first-order valence-corrected chi connectivity index (χ1v) is 13.6. The quantitative estimate of drug-likeness (QED) is 0.229. The molecule has 4 atom stereocenters. The first-order valence-electron chi connectivity index (χ1n) is 13.6. The minimum absolute atomic E-state index is 0.0555. The standard InChI is InChI=1S/C32H29N3O8/c1-2-20-18-35(32(39)34-27(20)33)28-26(43-31(38)23-16-10-5-11-17-23)25(42-30(37)22-14-8-4-9-15-22)24(41-28)19-40-29(36)21-12-6-3-7-13-21/h3-18,24-26,28H,2,19H2,1H3,(H2,33,34,39). The Balaban J connectivity index is 1.53. The van der Waals surface area contributed by atoms with Crippen LogP contribution >= 0.6 is 0 Å². The molecule has 2 N–H and O–H groups in total. The Bertz CT molecular complexity index is 1640. The molecule has 0 bridgehead atoms. The molecule has 4 unspecified atom stereocenters. The Morgan fingerprint density at radius 2 is 1.28 bits per heavy atom. The van der Waals surface area contributed by atoms with Crippen molar-refractivity contribution in [2.24, 2.45) is 0 Å². The highest BCUT2D eigenvalue weighted by atomic mass is 16.7. The Morgan fingerprint density at radius 1 is 0.791 bits per heavy atom. The van der Waals surface area contributed by atoms with Gasteiger partial charge in [-0.25, -0.2) is 19.2 Å². The van der Waals surface area contributed by atoms with E-state index in [-0.39, 0.29) is 23.6 Å². The maximum absolute atomic E-state index is 13.3. The number of nitrogens with zero attached hydrogens (tertiary/aromatic N) is 2. The molecule has 1 aromatic heterocycles. The van der Waals surface area contributed by atoms with E-state index in [1.165, 1.54) is 6.20 Å². The van der Waals surface area contributed by atoms with E-state index in [1.54, 1.807) is 91.0 Å². The van der Waals surface area contributed by atoms with E-state index in [1.807, 2.05) is 6.92 Å². The number of hydrogen-bond donors (Lipinski definition) is 1. The molecule has 5 rings (SSSR count). The summed E-state index contributed by atoms with van der Waals surface area (Å²) in [6.07, 6.45) is -3.14. The van der Waals surface area contributed by atoms with E-state index in [4.69, 9.17) is 24.7 Å². The number of hydrogen-bond acceptors (Lipinski definition) is 10. The molecule has 0 saturated carbocycles. The first-order chi connectivity index (χ1) is 20.9. The van der Waals surface area contributed by atoms with Crippen LogP contribution in [0.2, 0.25) is 0 Å². The van der Waals surface area contributed by atoms with Crippen LogP contribution < -0.4 is 11.4 Å². The second kappa shape index (κ2) is 13.1. The number of benzene rings is 3. The minimum Gasteiger partial charge on any atom is -0.459 e. The lowest BCUT2D eigenvalue weighted by molar-refractivity contribution is -0.0640. The van der Waals surface area contributed by atoms with E-state index >= 15 is 0 Å². The van der Waals surface area contributed by atoms with Crippen LogP contribution in [-0.2, 0) is 25.4 Å². The van der Waals surface area contributed by atoms with Crippen molar-refractivity contribution in [1.82, 2.24) is 9.55 Å². The van der Waals surface area contributed by atoms with E-state index < -0.39 is 48.1 Å². The van der Waals surface area contributed by atoms with Gasteiger partial charge in [-0.3, -0.25) is 4.57 Å². The molecule has 1 aliphatic heterocycles. The second-order valence-electron chi connectivity index (χ2n) is 9.70. The van der Waals surface area contributed by atoms with Crippen molar-refractivity contribution >= 4 is 23.7 Å². The lowest BCUT2D eigenvalue weighted by Gasteiger charge is -2.25. The van der Waals surface area contributed by atoms with E-state index in [2.05, 4.69) is 4.98 Å². The number of nitrogen functional groups attached to an aromatic ring is 1. The van der Waals surface area contributed by atoms with Crippen molar-refractivity contribution in [2.75, 3.05) is 12.3 Å². The van der Waals surface area contributed by atoms with Crippen molar-refractivity contribution in [2.45, 2.75) is 37.9 Å². The van der Waals surface area contributed by atoms with E-state index in [0.29, 0.717) is 17.5 Å². The fraction of sp³-hybridized carbons (Fsp3) is 0.219. The maximum atomic E-state index is 13.3. The summed E-state index contributed by atoms with van der Waals surface area (Å²) in [4.78, 5) is 56.3. The van der Waals surface area contributed by atoms with Crippen LogP contribution in [0.25, 0.3) is 0 Å². The predicted molar refractivity (Wildman–Crippen MR) is 154 cm³/mol. The lowest BCUT2D eigenvalue weighted by Crippen LogP contribution is -2.42. The van der Waals surface area contributed by atoms with Crippen LogP contribution in [0.4, 0.5) is 5.82 Å². The largest absolute Gasteiger partial charge is 0.459 e. The van der Waals surface area contributed by atoms with Gasteiger partial charge in [0.05, 0.1) is 16.7 Å². The molecule has 220 valence electrons. The molecule has 1 aliphatic rings. The van der Waals surface area contributed by atoms with Crippen LogP contribution in [0.15, 0.2) is 102 Å². The summed E-state index contributed by atoms with van der Waals surface area (Å²) in [5, 5.41) is 0. The Labute approximate surface area is 246 Å². The topological polar surface area (TPSA) is 149 Å². The minimum atomic E-state index is -1.34. The summed E-state index contributed by atoms with van der Waals surface area (Å²) in [7, 11) is 0. The molecule has 11 nitrogen and oxygen atoms in total. The third-order valence-corrected chi connectivity index (χ3v) is 6.89. The predicted octanol–water partition coefficient (Wildman–Crippen LogP) is 3.59. The zero-order chi connectivity index (χ0) is 30.3. The fourth-order valence-corrected chi connectivity index (χ4v) is 4.66. The molecule has 0 aliphatic carbocycles. The van der Waals surface area contributed by atoms with Gasteiger partial charge in [0.1, 0.15) is 18.5 Å². The third-order valence-electron chi connectivity index (χ3n) is 6.89. The molecule has 0 radical (unpaired) electrons. The molecular weight excluding hydrogens is 554 g/mol. The number of carbonyl (C=O) groups is 3. The molecule has 2 heterocycles. The number of carbonyl (C=O) groups excluding carboxylic acids is 3. The average molecular weight is 584 g/mol. The molecule has 11 heteroatoms. The van der Waals surface area contributed by atoms with Crippen LogP contribution in [0.1, 0.15) is 49.8 Å². The Hall–Kier alpha value is -5.29. The van der Waals surface area contributed by atoms with Crippen molar-refractivity contribution < 1.29 is 33.3 Å². The summed E-state index contributed by atoms with van der Waals surface area (Å²) >= 11 is 0. The number of aromatic nitrogens is 2. The van der Waals surface area contributed by atoms with Gasteiger partial charge in [0.25, 0.3) is 0 Å². The van der Waals surface area contributed by atoms with Crippen LogP contribution in [0, 0.1) is 0 Å². The highest BCUT2D eigenvalue weighted by molar-refractivity contribution is 5.91. The van der Waals surface area contributed by atoms with Crippen LogP contribution in [-0.4, -0.2) is 52.4 Å². The van der Waals surface area contributed by atoms with Gasteiger partial charge in [-0.15, -0.1) is 0 Å². The van der Waals surface area contributed by atoms with E-state index in [0.717, 1.165) is 4.57 Å². The summed E-state index contributed by atoms with van der Waals surface area (Å²) in [6.45, 7) is 1.45. The average Bonchev–Trinajstić information content (AvgIpc) is 3.36. The monoisotopic (exact) mass is 583 g/mol. The molecule has 43 heavy (non-hydrogen) atoms. The smallest absolute Gasteiger partial charge is 0.351 e. The van der Waals surface area contributed by atoms with Gasteiger partial charge in [-0.1, -0.05) is 61.5 Å². The SMILES string of the molecule is CCc1cn(C2OC(COC(=O)c3ccccc3)C(OC(=O)c3ccccc3)C2OC(=O)c2ccccc2)c(=O)nc1N. The molecule has 0 amide bonds. The normalized spacial score (nSPS) is 19.4. The van der Waals surface area contributed by atoms with Crippen LogP contribution in [0.5, 0.6) is 0 Å². The molecular formula is C32H29N3O8. The first kappa shape index (κ1) is 29.2. The summed E-state index contributed by atoms with van der Waals surface area (Å²) < 4.78 is 24.6. The number of rotatable bonds is 9. The number of esters is 3. The van der Waals surface area contributed by atoms with Gasteiger partial charge in [0.15, 0.2) is 18.4 Å². The lowest BCUT2D eigenvalue weighted by atomic mass is 10.1. The molecule has 3 aromatic carbocycles. The van der Waals surface area contributed by atoms with Gasteiger partial charge in [0, 0.05) is 11.8 Å². The van der Waals surface area contributed by atoms with Gasteiger partial charge in [0.2, 0.25) is 0 Å². The molecule has 4 aromatic rings. The van der Waals surface area contributed by atoms with Crippen molar-refractivity contribution in [3.05, 3.63) is 130 Å². The van der Waals surface area contributed by atoms with Crippen molar-refractivity contribution in [3.8, 4) is 0 Å². The number of nitrogens with two attached hydrogens (primary N) is 1. The zero-order valence-corrected chi connectivity index (χ0v) is 23.2. The van der Waals surface area contributed by atoms with Gasteiger partial charge in [-0.2, -0.15) is 4.98 Å². The summed E-state index contributed by atoms with van der Waals surface area (Å²) in [5.41, 5.74) is 6.48. The van der Waals surface area contributed by atoms with Crippen molar-refractivity contribution in [1.29, 1.82) is 0 Å². The van der Waals surface area contributed by atoms with Crippen LogP contribution in [0.3, 0.4) is 0 Å². The summed E-state index contributed by atoms with van der Waals surface area (Å²) in [6, 6.07) is 24.7. The number of ether oxygens (including phenoxy) is 4. The van der Waals surface area contributed by atoms with Gasteiger partial charge < -0.3 is 24.7 Å². The Kier molecular flexibility index (Phi) is 8.92. The zero-order valence-electron chi connectivity index (χ0n) is 23.2. The highest BCUT2D eigenvalue weighted by Crippen LogP contribution is 2.35. The maximum Gasteiger partial charge on any atom is 0.351 e. The summed E-state index contributed by atoms with van der Waals surface area (Å²) in [5.74, 6) is -2.06.